The predicted octanol–water partition coefficient (Wildman–Crippen LogP) is 5.10. The van der Waals surface area contributed by atoms with E-state index < -0.39 is 0 Å². The molecule has 2 atom stereocenters. The molecule has 0 aliphatic heterocycles. The van der Waals surface area contributed by atoms with Crippen LogP contribution in [0.5, 0.6) is 5.75 Å². The van der Waals surface area contributed by atoms with Crippen LogP contribution in [0.1, 0.15) is 25.8 Å². The molecule has 1 amide bonds. The molecule has 0 aliphatic carbocycles. The second kappa shape index (κ2) is 9.73. The molecule has 0 radical (unpaired) electrons. The van der Waals surface area contributed by atoms with Gasteiger partial charge < -0.3 is 10.1 Å². The molecule has 0 fully saturated rings. The zero-order valence-corrected chi connectivity index (χ0v) is 16.4. The minimum Gasteiger partial charge on any atom is -0.491 e. The number of ether oxygens (including phenoxy) is 1. The minimum atomic E-state index is -0.137. The van der Waals surface area contributed by atoms with Gasteiger partial charge in [0.15, 0.2) is 0 Å². The third kappa shape index (κ3) is 6.29. The van der Waals surface area contributed by atoms with Crippen LogP contribution in [-0.4, -0.2) is 23.8 Å². The fraction of sp³-hybridized carbons (Fsp3) is 0.350. The summed E-state index contributed by atoms with van der Waals surface area (Å²) in [4.78, 5) is 13.6. The molecule has 0 heterocycles. The van der Waals surface area contributed by atoms with Gasteiger partial charge in [-0.25, -0.2) is 0 Å². The van der Waals surface area contributed by atoms with Crippen LogP contribution in [0.2, 0.25) is 5.02 Å². The molecule has 134 valence electrons. The molecule has 0 saturated carbocycles. The lowest BCUT2D eigenvalue weighted by Gasteiger charge is -2.20. The van der Waals surface area contributed by atoms with Crippen molar-refractivity contribution in [2.24, 2.45) is 0 Å². The Morgan fingerprint density at radius 2 is 1.88 bits per heavy atom. The van der Waals surface area contributed by atoms with Gasteiger partial charge in [-0.05, 0) is 56.2 Å². The minimum absolute atomic E-state index is 0.0309. The van der Waals surface area contributed by atoms with E-state index in [0.29, 0.717) is 11.6 Å². The molecule has 0 bridgehead atoms. The van der Waals surface area contributed by atoms with Crippen molar-refractivity contribution >= 4 is 29.3 Å². The van der Waals surface area contributed by atoms with Crippen LogP contribution < -0.4 is 10.1 Å². The van der Waals surface area contributed by atoms with Crippen molar-refractivity contribution in [2.45, 2.75) is 43.4 Å². The Balaban J connectivity index is 1.85. The van der Waals surface area contributed by atoms with Gasteiger partial charge in [-0.3, -0.25) is 4.79 Å². The molecule has 2 aromatic carbocycles. The van der Waals surface area contributed by atoms with E-state index in [1.54, 1.807) is 11.8 Å². The highest BCUT2D eigenvalue weighted by Crippen LogP contribution is 2.27. The molecule has 0 spiro atoms. The molecule has 5 heteroatoms. The number of halogens is 1. The number of thioether (sulfide) groups is 1. The van der Waals surface area contributed by atoms with E-state index >= 15 is 0 Å². The fourth-order valence-corrected chi connectivity index (χ4v) is 3.40. The van der Waals surface area contributed by atoms with Crippen LogP contribution >= 0.6 is 23.4 Å². The van der Waals surface area contributed by atoms with Crippen molar-refractivity contribution in [3.05, 3.63) is 59.1 Å². The lowest BCUT2D eigenvalue weighted by atomic mass is 10.2. The highest BCUT2D eigenvalue weighted by molar-refractivity contribution is 8.00. The van der Waals surface area contributed by atoms with E-state index in [-0.39, 0.29) is 17.2 Å². The van der Waals surface area contributed by atoms with Crippen molar-refractivity contribution in [2.75, 3.05) is 6.61 Å². The smallest absolute Gasteiger partial charge is 0.233 e. The van der Waals surface area contributed by atoms with Crippen molar-refractivity contribution in [3.8, 4) is 5.75 Å². The number of nitrogens with one attached hydrogen (secondary N) is 1. The van der Waals surface area contributed by atoms with E-state index in [0.717, 1.165) is 22.6 Å². The van der Waals surface area contributed by atoms with Gasteiger partial charge in [-0.2, -0.15) is 0 Å². The van der Waals surface area contributed by atoms with Crippen molar-refractivity contribution in [3.63, 3.8) is 0 Å². The Morgan fingerprint density at radius 1 is 1.20 bits per heavy atom. The predicted molar refractivity (Wildman–Crippen MR) is 106 cm³/mol. The molecule has 2 rings (SSSR count). The maximum absolute atomic E-state index is 12.5. The molecular weight excluding hydrogens is 354 g/mol. The number of aryl methyl sites for hydroxylation is 1. The van der Waals surface area contributed by atoms with Gasteiger partial charge in [0.1, 0.15) is 12.4 Å². The lowest BCUT2D eigenvalue weighted by molar-refractivity contribution is -0.121. The first-order valence-electron chi connectivity index (χ1n) is 8.40. The quantitative estimate of drug-likeness (QED) is 0.650. The van der Waals surface area contributed by atoms with Gasteiger partial charge in [0.05, 0.1) is 11.3 Å². The van der Waals surface area contributed by atoms with Gasteiger partial charge >= 0.3 is 0 Å². The third-order valence-corrected chi connectivity index (χ3v) is 5.35. The van der Waals surface area contributed by atoms with Crippen molar-refractivity contribution < 1.29 is 9.53 Å². The molecule has 0 aromatic heterocycles. The second-order valence-corrected chi connectivity index (χ2v) is 7.67. The maximum atomic E-state index is 12.5. The number of hydrogen-bond donors (Lipinski definition) is 1. The molecule has 25 heavy (non-hydrogen) atoms. The molecular formula is C20H24ClNO2S. The third-order valence-electron chi connectivity index (χ3n) is 3.73. The number of para-hydroxylation sites is 1. The van der Waals surface area contributed by atoms with Crippen LogP contribution in [0.4, 0.5) is 0 Å². The van der Waals surface area contributed by atoms with E-state index in [1.165, 1.54) is 0 Å². The summed E-state index contributed by atoms with van der Waals surface area (Å²) in [7, 11) is 0. The topological polar surface area (TPSA) is 38.3 Å². The molecule has 0 saturated heterocycles. The summed E-state index contributed by atoms with van der Waals surface area (Å²) in [5, 5.41) is 3.60. The monoisotopic (exact) mass is 377 g/mol. The van der Waals surface area contributed by atoms with E-state index in [2.05, 4.69) is 5.32 Å². The van der Waals surface area contributed by atoms with Gasteiger partial charge in [0.2, 0.25) is 5.91 Å². The zero-order chi connectivity index (χ0) is 18.2. The average Bonchev–Trinajstić information content (AvgIpc) is 2.60. The Labute approximate surface area is 159 Å². The first kappa shape index (κ1) is 19.7. The standard InChI is InChI=1S/C20H24ClNO2S/c1-4-19(25-17-11-9-16(21)10-12-17)20(23)22-15(3)13-24-18-8-6-5-7-14(18)2/h5-12,15,19H,4,13H2,1-3H3,(H,22,23)/t15-,19-/m0/s1. The number of hydrogen-bond acceptors (Lipinski definition) is 3. The van der Waals surface area contributed by atoms with Gasteiger partial charge in [0.25, 0.3) is 0 Å². The summed E-state index contributed by atoms with van der Waals surface area (Å²) in [6.07, 6.45) is 0.754. The largest absolute Gasteiger partial charge is 0.491 e. The van der Waals surface area contributed by atoms with Crippen LogP contribution in [-0.2, 0) is 4.79 Å². The second-order valence-electron chi connectivity index (χ2n) is 5.95. The Morgan fingerprint density at radius 3 is 2.52 bits per heavy atom. The average molecular weight is 378 g/mol. The molecule has 0 unspecified atom stereocenters. The first-order chi connectivity index (χ1) is 12.0. The SMILES string of the molecule is CC[C@H](Sc1ccc(Cl)cc1)C(=O)N[C@@H](C)COc1ccccc1C. The molecule has 1 N–H and O–H groups in total. The highest BCUT2D eigenvalue weighted by atomic mass is 35.5. The van der Waals surface area contributed by atoms with Crippen molar-refractivity contribution in [1.29, 1.82) is 0 Å². The van der Waals surface area contributed by atoms with Crippen molar-refractivity contribution in [1.82, 2.24) is 5.32 Å². The number of amides is 1. The van der Waals surface area contributed by atoms with Crippen LogP contribution in [0.3, 0.4) is 0 Å². The van der Waals surface area contributed by atoms with Gasteiger partial charge in [-0.15, -0.1) is 11.8 Å². The lowest BCUT2D eigenvalue weighted by Crippen LogP contribution is -2.41. The summed E-state index contributed by atoms with van der Waals surface area (Å²) in [6, 6.07) is 15.4. The number of rotatable bonds is 8. The highest BCUT2D eigenvalue weighted by Gasteiger charge is 2.20. The first-order valence-corrected chi connectivity index (χ1v) is 9.66. The fourth-order valence-electron chi connectivity index (χ4n) is 2.31. The maximum Gasteiger partial charge on any atom is 0.233 e. The van der Waals surface area contributed by atoms with Crippen LogP contribution in [0.25, 0.3) is 0 Å². The summed E-state index contributed by atoms with van der Waals surface area (Å²) in [5.74, 6) is 0.884. The van der Waals surface area contributed by atoms with Gasteiger partial charge in [-0.1, -0.05) is 36.7 Å². The number of carbonyl (C=O) groups is 1. The normalized spacial score (nSPS) is 13.1. The number of carbonyl (C=O) groups excluding carboxylic acids is 1. The summed E-state index contributed by atoms with van der Waals surface area (Å²) < 4.78 is 5.81. The molecule has 3 nitrogen and oxygen atoms in total. The van der Waals surface area contributed by atoms with Crippen LogP contribution in [0, 0.1) is 6.92 Å². The summed E-state index contributed by atoms with van der Waals surface area (Å²) in [5.41, 5.74) is 1.09. The molecule has 0 aliphatic rings. The zero-order valence-electron chi connectivity index (χ0n) is 14.8. The Bertz CT molecular complexity index is 690. The Hall–Kier alpha value is -1.65. The summed E-state index contributed by atoms with van der Waals surface area (Å²) >= 11 is 7.46. The summed E-state index contributed by atoms with van der Waals surface area (Å²) in [6.45, 7) is 6.42. The Kier molecular flexibility index (Phi) is 7.66. The van der Waals surface area contributed by atoms with E-state index in [4.69, 9.17) is 16.3 Å². The van der Waals surface area contributed by atoms with Gasteiger partial charge in [0, 0.05) is 9.92 Å². The van der Waals surface area contributed by atoms with Crippen LogP contribution in [0.15, 0.2) is 53.4 Å². The van der Waals surface area contributed by atoms with E-state index in [9.17, 15) is 4.79 Å². The van der Waals surface area contributed by atoms with E-state index in [1.807, 2.05) is 69.3 Å². The number of benzene rings is 2. The molecule has 2 aromatic rings.